The van der Waals surface area contributed by atoms with E-state index in [-0.39, 0.29) is 17.2 Å². The zero-order chi connectivity index (χ0) is 11.5. The van der Waals surface area contributed by atoms with Gasteiger partial charge in [0.05, 0.1) is 6.54 Å². The maximum atomic E-state index is 11.6. The minimum Gasteiger partial charge on any atom is -0.349 e. The maximum absolute atomic E-state index is 11.6. The molecule has 1 fully saturated rings. The molecule has 0 spiro atoms. The highest BCUT2D eigenvalue weighted by molar-refractivity contribution is 9.10. The molecule has 1 saturated heterocycles. The van der Waals surface area contributed by atoms with Crippen LogP contribution in [0.1, 0.15) is 4.88 Å². The Labute approximate surface area is 109 Å². The zero-order valence-electron chi connectivity index (χ0n) is 8.16. The summed E-state index contributed by atoms with van der Waals surface area (Å²) in [5, 5.41) is 7.24. The van der Waals surface area contributed by atoms with Gasteiger partial charge in [-0.15, -0.1) is 11.3 Å². The molecule has 0 radical (unpaired) electrons. The molecule has 16 heavy (non-hydrogen) atoms. The van der Waals surface area contributed by atoms with Crippen molar-refractivity contribution >= 4 is 50.2 Å². The molecular weight excluding hydrogens is 312 g/mol. The number of rotatable bonds is 3. The van der Waals surface area contributed by atoms with Crippen LogP contribution in [0.4, 0.5) is 4.79 Å². The van der Waals surface area contributed by atoms with Crippen LogP contribution >= 0.6 is 39.0 Å². The Balaban J connectivity index is 1.82. The molecule has 1 aromatic heterocycles. The van der Waals surface area contributed by atoms with Gasteiger partial charge in [0, 0.05) is 20.5 Å². The lowest BCUT2D eigenvalue weighted by molar-refractivity contribution is -0.122. The average Bonchev–Trinajstić information content (AvgIpc) is 2.84. The standard InChI is InChI=1S/C9H9BrN2O2S2/c10-5-1-6(15-3-5)2-11-8(13)7-4-16-9(14)12-7/h1,3,7H,2,4H2,(H,11,13)(H,12,14). The Bertz CT molecular complexity index is 421. The summed E-state index contributed by atoms with van der Waals surface area (Å²) >= 11 is 6.07. The van der Waals surface area contributed by atoms with Gasteiger partial charge in [0.25, 0.3) is 5.24 Å². The van der Waals surface area contributed by atoms with E-state index in [0.29, 0.717) is 12.3 Å². The van der Waals surface area contributed by atoms with Crippen molar-refractivity contribution in [3.63, 3.8) is 0 Å². The van der Waals surface area contributed by atoms with Gasteiger partial charge >= 0.3 is 0 Å². The Kier molecular flexibility index (Phi) is 3.88. The molecule has 2 N–H and O–H groups in total. The molecule has 0 bridgehead atoms. The van der Waals surface area contributed by atoms with E-state index in [2.05, 4.69) is 26.6 Å². The second-order valence-electron chi connectivity index (χ2n) is 3.24. The average molecular weight is 321 g/mol. The normalized spacial score (nSPS) is 19.6. The van der Waals surface area contributed by atoms with E-state index in [4.69, 9.17) is 0 Å². The molecule has 1 unspecified atom stereocenters. The van der Waals surface area contributed by atoms with Crippen LogP contribution in [0.2, 0.25) is 0 Å². The van der Waals surface area contributed by atoms with Gasteiger partial charge in [-0.1, -0.05) is 11.8 Å². The molecule has 0 aliphatic carbocycles. The van der Waals surface area contributed by atoms with Crippen LogP contribution in [0.15, 0.2) is 15.9 Å². The topological polar surface area (TPSA) is 58.2 Å². The van der Waals surface area contributed by atoms with Crippen molar-refractivity contribution < 1.29 is 9.59 Å². The number of nitrogens with one attached hydrogen (secondary N) is 2. The van der Waals surface area contributed by atoms with Crippen molar-refractivity contribution in [2.24, 2.45) is 0 Å². The molecule has 1 aromatic rings. The summed E-state index contributed by atoms with van der Waals surface area (Å²) in [7, 11) is 0. The fraction of sp³-hybridized carbons (Fsp3) is 0.333. The monoisotopic (exact) mass is 320 g/mol. The van der Waals surface area contributed by atoms with E-state index in [1.165, 1.54) is 0 Å². The molecule has 2 amide bonds. The Morgan fingerprint density at radius 2 is 2.50 bits per heavy atom. The van der Waals surface area contributed by atoms with Gasteiger partial charge in [-0.25, -0.2) is 0 Å². The molecule has 4 nitrogen and oxygen atoms in total. The first kappa shape index (κ1) is 11.9. The number of thioether (sulfide) groups is 1. The second kappa shape index (κ2) is 5.20. The third-order valence-electron chi connectivity index (χ3n) is 2.05. The lowest BCUT2D eigenvalue weighted by Gasteiger charge is -2.08. The van der Waals surface area contributed by atoms with Crippen LogP contribution in [-0.2, 0) is 11.3 Å². The van der Waals surface area contributed by atoms with E-state index in [9.17, 15) is 9.59 Å². The lowest BCUT2D eigenvalue weighted by Crippen LogP contribution is -2.42. The van der Waals surface area contributed by atoms with Crippen LogP contribution < -0.4 is 10.6 Å². The predicted octanol–water partition coefficient (Wildman–Crippen LogP) is 1.95. The van der Waals surface area contributed by atoms with Gasteiger partial charge in [-0.05, 0) is 22.0 Å². The fourth-order valence-electron chi connectivity index (χ4n) is 1.27. The van der Waals surface area contributed by atoms with Gasteiger partial charge in [-0.2, -0.15) is 0 Å². The number of thiophene rings is 1. The molecular formula is C9H9BrN2O2S2. The number of amides is 2. The smallest absolute Gasteiger partial charge is 0.279 e. The summed E-state index contributed by atoms with van der Waals surface area (Å²) in [5.74, 6) is 0.390. The third kappa shape index (κ3) is 2.99. The summed E-state index contributed by atoms with van der Waals surface area (Å²) in [6, 6.07) is 1.58. The molecule has 1 atom stereocenters. The molecule has 2 heterocycles. The Morgan fingerprint density at radius 3 is 3.06 bits per heavy atom. The molecule has 0 saturated carbocycles. The fourth-order valence-corrected chi connectivity index (χ4v) is 3.44. The molecule has 1 aliphatic heterocycles. The molecule has 7 heteroatoms. The van der Waals surface area contributed by atoms with E-state index in [1.54, 1.807) is 11.3 Å². The number of carbonyl (C=O) groups is 2. The number of halogens is 1. The van der Waals surface area contributed by atoms with Gasteiger partial charge in [0.1, 0.15) is 6.04 Å². The third-order valence-corrected chi connectivity index (χ3v) is 4.63. The minimum atomic E-state index is -0.388. The van der Waals surface area contributed by atoms with Gasteiger partial charge in [0.15, 0.2) is 0 Å². The number of carbonyl (C=O) groups excluding carboxylic acids is 2. The van der Waals surface area contributed by atoms with Crippen molar-refractivity contribution in [1.82, 2.24) is 10.6 Å². The molecule has 2 rings (SSSR count). The van der Waals surface area contributed by atoms with Crippen molar-refractivity contribution in [3.8, 4) is 0 Å². The van der Waals surface area contributed by atoms with Crippen molar-refractivity contribution in [2.75, 3.05) is 5.75 Å². The largest absolute Gasteiger partial charge is 0.349 e. The van der Waals surface area contributed by atoms with Crippen LogP contribution in [0.25, 0.3) is 0 Å². The Hall–Kier alpha value is -0.530. The first-order chi connectivity index (χ1) is 7.65. The summed E-state index contributed by atoms with van der Waals surface area (Å²) in [5.41, 5.74) is 0. The van der Waals surface area contributed by atoms with Crippen molar-refractivity contribution in [1.29, 1.82) is 0 Å². The summed E-state index contributed by atoms with van der Waals surface area (Å²) in [4.78, 5) is 23.6. The highest BCUT2D eigenvalue weighted by Gasteiger charge is 2.27. The van der Waals surface area contributed by atoms with E-state index in [0.717, 1.165) is 21.1 Å². The Morgan fingerprint density at radius 1 is 1.69 bits per heavy atom. The minimum absolute atomic E-state index is 0.122. The quantitative estimate of drug-likeness (QED) is 0.895. The molecule has 0 aromatic carbocycles. The maximum Gasteiger partial charge on any atom is 0.279 e. The highest BCUT2D eigenvalue weighted by atomic mass is 79.9. The first-order valence-corrected chi connectivity index (χ1v) is 7.25. The summed E-state index contributed by atoms with van der Waals surface area (Å²) < 4.78 is 1.02. The number of hydrogen-bond acceptors (Lipinski definition) is 4. The summed E-state index contributed by atoms with van der Waals surface area (Å²) in [6.07, 6.45) is 0. The zero-order valence-corrected chi connectivity index (χ0v) is 11.4. The van der Waals surface area contributed by atoms with Gasteiger partial charge in [0.2, 0.25) is 5.91 Å². The predicted molar refractivity (Wildman–Crippen MR) is 68.6 cm³/mol. The van der Waals surface area contributed by atoms with Crippen LogP contribution in [0, 0.1) is 0 Å². The molecule has 1 aliphatic rings. The van der Waals surface area contributed by atoms with Crippen molar-refractivity contribution in [2.45, 2.75) is 12.6 Å². The highest BCUT2D eigenvalue weighted by Crippen LogP contribution is 2.19. The second-order valence-corrected chi connectivity index (χ2v) is 6.15. The number of hydrogen-bond donors (Lipinski definition) is 2. The van der Waals surface area contributed by atoms with Gasteiger partial charge in [-0.3, -0.25) is 9.59 Å². The van der Waals surface area contributed by atoms with Crippen LogP contribution in [0.3, 0.4) is 0 Å². The van der Waals surface area contributed by atoms with Crippen LogP contribution in [0.5, 0.6) is 0 Å². The SMILES string of the molecule is O=C1NC(C(=O)NCc2cc(Br)cs2)CS1. The van der Waals surface area contributed by atoms with Gasteiger partial charge < -0.3 is 10.6 Å². The van der Waals surface area contributed by atoms with E-state index in [1.807, 2.05) is 11.4 Å². The molecule has 86 valence electrons. The first-order valence-electron chi connectivity index (χ1n) is 4.59. The van der Waals surface area contributed by atoms with E-state index >= 15 is 0 Å². The van der Waals surface area contributed by atoms with E-state index < -0.39 is 0 Å². The van der Waals surface area contributed by atoms with Crippen LogP contribution in [-0.4, -0.2) is 22.9 Å². The summed E-state index contributed by atoms with van der Waals surface area (Å²) in [6.45, 7) is 0.506. The lowest BCUT2D eigenvalue weighted by atomic mass is 10.3. The van der Waals surface area contributed by atoms with Crippen molar-refractivity contribution in [3.05, 3.63) is 20.8 Å².